The SMILES string of the molecule is COc1ccc(S(=O)(=O)NCCN(C(C)(C)C)S(C)(=O)=O)cc1Cl. The van der Waals surface area contributed by atoms with Gasteiger partial charge in [0.15, 0.2) is 0 Å². The predicted octanol–water partition coefficient (Wildman–Crippen LogP) is 1.69. The van der Waals surface area contributed by atoms with E-state index in [1.807, 2.05) is 0 Å². The summed E-state index contributed by atoms with van der Waals surface area (Å²) in [6.45, 7) is 5.19. The van der Waals surface area contributed by atoms with Crippen LogP contribution in [-0.4, -0.2) is 53.1 Å². The summed E-state index contributed by atoms with van der Waals surface area (Å²) >= 11 is 5.93. The molecule has 1 aromatic rings. The highest BCUT2D eigenvalue weighted by Gasteiger charge is 2.29. The molecule has 0 amide bonds. The molecule has 0 aliphatic heterocycles. The van der Waals surface area contributed by atoms with Gasteiger partial charge in [0.25, 0.3) is 0 Å². The number of methoxy groups -OCH3 is 1. The lowest BCUT2D eigenvalue weighted by molar-refractivity contribution is 0.254. The van der Waals surface area contributed by atoms with Crippen LogP contribution in [0.3, 0.4) is 0 Å². The molecule has 0 atom stereocenters. The van der Waals surface area contributed by atoms with Gasteiger partial charge in [-0.15, -0.1) is 0 Å². The summed E-state index contributed by atoms with van der Waals surface area (Å²) in [5.74, 6) is 0.367. The minimum atomic E-state index is -3.81. The van der Waals surface area contributed by atoms with E-state index in [1.165, 1.54) is 29.6 Å². The highest BCUT2D eigenvalue weighted by Crippen LogP contribution is 2.26. The zero-order valence-corrected chi connectivity index (χ0v) is 16.7. The Morgan fingerprint density at radius 1 is 1.21 bits per heavy atom. The van der Waals surface area contributed by atoms with E-state index in [4.69, 9.17) is 16.3 Å². The van der Waals surface area contributed by atoms with Crippen molar-refractivity contribution < 1.29 is 21.6 Å². The van der Waals surface area contributed by atoms with Gasteiger partial charge >= 0.3 is 0 Å². The molecule has 1 aromatic carbocycles. The summed E-state index contributed by atoms with van der Waals surface area (Å²) in [6, 6.07) is 4.10. The Morgan fingerprint density at radius 2 is 1.79 bits per heavy atom. The molecule has 0 bridgehead atoms. The van der Waals surface area contributed by atoms with Gasteiger partial charge in [0.1, 0.15) is 5.75 Å². The standard InChI is InChI=1S/C14H23ClN2O5S2/c1-14(2,3)17(23(5,18)19)9-8-16-24(20,21)11-6-7-13(22-4)12(15)10-11/h6-7,10,16H,8-9H2,1-5H3. The van der Waals surface area contributed by atoms with Gasteiger partial charge in [-0.05, 0) is 39.0 Å². The Kier molecular flexibility index (Phi) is 6.68. The van der Waals surface area contributed by atoms with Crippen molar-refractivity contribution in [1.82, 2.24) is 9.03 Å². The van der Waals surface area contributed by atoms with Crippen molar-refractivity contribution in [3.63, 3.8) is 0 Å². The number of halogens is 1. The summed E-state index contributed by atoms with van der Waals surface area (Å²) in [6.07, 6.45) is 1.09. The van der Waals surface area contributed by atoms with Gasteiger partial charge in [0.05, 0.1) is 23.3 Å². The summed E-state index contributed by atoms with van der Waals surface area (Å²) in [4.78, 5) is -0.0186. The van der Waals surface area contributed by atoms with Crippen LogP contribution in [-0.2, 0) is 20.0 Å². The van der Waals surface area contributed by atoms with Crippen LogP contribution in [0.2, 0.25) is 5.02 Å². The van der Waals surface area contributed by atoms with Crippen molar-refractivity contribution in [3.05, 3.63) is 23.2 Å². The van der Waals surface area contributed by atoms with E-state index in [9.17, 15) is 16.8 Å². The molecular formula is C14H23ClN2O5S2. The van der Waals surface area contributed by atoms with Crippen molar-refractivity contribution >= 4 is 31.6 Å². The Morgan fingerprint density at radius 3 is 2.21 bits per heavy atom. The Labute approximate surface area is 149 Å². The predicted molar refractivity (Wildman–Crippen MR) is 94.5 cm³/mol. The highest BCUT2D eigenvalue weighted by atomic mass is 35.5. The van der Waals surface area contributed by atoms with E-state index in [1.54, 1.807) is 20.8 Å². The second-order valence-electron chi connectivity index (χ2n) is 6.20. The molecule has 0 fully saturated rings. The van der Waals surface area contributed by atoms with Gasteiger partial charge in [-0.25, -0.2) is 21.6 Å². The number of nitrogens with one attached hydrogen (secondary N) is 1. The number of hydrogen-bond acceptors (Lipinski definition) is 5. The molecule has 138 valence electrons. The van der Waals surface area contributed by atoms with E-state index in [0.717, 1.165) is 6.26 Å². The maximum atomic E-state index is 12.3. The third kappa shape index (κ3) is 5.59. The molecule has 0 radical (unpaired) electrons. The molecule has 10 heteroatoms. The lowest BCUT2D eigenvalue weighted by Crippen LogP contribution is -2.48. The average Bonchev–Trinajstić information content (AvgIpc) is 2.40. The van der Waals surface area contributed by atoms with E-state index in [2.05, 4.69) is 4.72 Å². The monoisotopic (exact) mass is 398 g/mol. The first kappa shape index (κ1) is 21.2. The molecule has 0 aromatic heterocycles. The van der Waals surface area contributed by atoms with Crippen LogP contribution in [0, 0.1) is 0 Å². The van der Waals surface area contributed by atoms with Gasteiger partial charge in [-0.1, -0.05) is 11.6 Å². The van der Waals surface area contributed by atoms with Gasteiger partial charge in [0.2, 0.25) is 20.0 Å². The smallest absolute Gasteiger partial charge is 0.240 e. The number of nitrogens with zero attached hydrogens (tertiary/aromatic N) is 1. The number of sulfonamides is 2. The van der Waals surface area contributed by atoms with Crippen molar-refractivity contribution in [2.45, 2.75) is 31.2 Å². The first-order valence-corrected chi connectivity index (χ1v) is 10.8. The topological polar surface area (TPSA) is 92.8 Å². The first-order valence-electron chi connectivity index (χ1n) is 7.10. The molecule has 7 nitrogen and oxygen atoms in total. The Balaban J connectivity index is 2.87. The number of ether oxygens (including phenoxy) is 1. The fourth-order valence-corrected chi connectivity index (χ4v) is 4.96. The fourth-order valence-electron chi connectivity index (χ4n) is 2.18. The zero-order valence-electron chi connectivity index (χ0n) is 14.3. The second kappa shape index (κ2) is 7.57. The van der Waals surface area contributed by atoms with E-state index < -0.39 is 25.6 Å². The third-order valence-corrected chi connectivity index (χ3v) is 6.47. The second-order valence-corrected chi connectivity index (χ2v) is 10.3. The summed E-state index contributed by atoms with van der Waals surface area (Å²) in [5.41, 5.74) is -0.650. The molecule has 0 spiro atoms. The van der Waals surface area contributed by atoms with Gasteiger partial charge in [-0.3, -0.25) is 0 Å². The summed E-state index contributed by atoms with van der Waals surface area (Å²) in [7, 11) is -5.84. The van der Waals surface area contributed by atoms with Crippen molar-refractivity contribution in [1.29, 1.82) is 0 Å². The number of benzene rings is 1. The van der Waals surface area contributed by atoms with E-state index >= 15 is 0 Å². The Hall–Kier alpha value is -0.870. The summed E-state index contributed by atoms with van der Waals surface area (Å²) in [5, 5.41) is 0.174. The normalized spacial score (nSPS) is 13.3. The molecule has 24 heavy (non-hydrogen) atoms. The fraction of sp³-hybridized carbons (Fsp3) is 0.571. The third-order valence-electron chi connectivity index (χ3n) is 3.19. The molecule has 0 saturated heterocycles. The Bertz CT molecular complexity index is 786. The maximum absolute atomic E-state index is 12.3. The van der Waals surface area contributed by atoms with Crippen LogP contribution in [0.25, 0.3) is 0 Å². The minimum absolute atomic E-state index is 0.0186. The van der Waals surface area contributed by atoms with Crippen LogP contribution in [0.4, 0.5) is 0 Å². The number of hydrogen-bond donors (Lipinski definition) is 1. The minimum Gasteiger partial charge on any atom is -0.495 e. The molecular weight excluding hydrogens is 376 g/mol. The van der Waals surface area contributed by atoms with Crippen molar-refractivity contribution in [3.8, 4) is 5.75 Å². The number of rotatable bonds is 7. The van der Waals surface area contributed by atoms with Crippen LogP contribution < -0.4 is 9.46 Å². The van der Waals surface area contributed by atoms with Crippen molar-refractivity contribution in [2.75, 3.05) is 26.5 Å². The molecule has 0 aliphatic rings. The van der Waals surface area contributed by atoms with Crippen LogP contribution in [0.1, 0.15) is 20.8 Å². The van der Waals surface area contributed by atoms with Crippen LogP contribution >= 0.6 is 11.6 Å². The maximum Gasteiger partial charge on any atom is 0.240 e. The first-order chi connectivity index (χ1) is 10.8. The highest BCUT2D eigenvalue weighted by molar-refractivity contribution is 7.89. The molecule has 0 heterocycles. The molecule has 1 rings (SSSR count). The molecule has 1 N–H and O–H groups in total. The largest absolute Gasteiger partial charge is 0.495 e. The zero-order chi connectivity index (χ0) is 18.8. The lowest BCUT2D eigenvalue weighted by atomic mass is 10.1. The average molecular weight is 399 g/mol. The van der Waals surface area contributed by atoms with Gasteiger partial charge in [-0.2, -0.15) is 4.31 Å². The molecule has 0 unspecified atom stereocenters. The van der Waals surface area contributed by atoms with Gasteiger partial charge < -0.3 is 4.74 Å². The van der Waals surface area contributed by atoms with Gasteiger partial charge in [0, 0.05) is 18.6 Å². The van der Waals surface area contributed by atoms with Crippen LogP contribution in [0.5, 0.6) is 5.75 Å². The molecule has 0 saturated carbocycles. The quantitative estimate of drug-likeness (QED) is 0.754. The van der Waals surface area contributed by atoms with Crippen LogP contribution in [0.15, 0.2) is 23.1 Å². The molecule has 0 aliphatic carbocycles. The lowest BCUT2D eigenvalue weighted by Gasteiger charge is -2.33. The van der Waals surface area contributed by atoms with Crippen molar-refractivity contribution in [2.24, 2.45) is 0 Å². The summed E-state index contributed by atoms with van der Waals surface area (Å²) < 4.78 is 56.8. The van der Waals surface area contributed by atoms with E-state index in [-0.39, 0.29) is 23.0 Å². The van der Waals surface area contributed by atoms with E-state index in [0.29, 0.717) is 5.75 Å².